The number of nitrogens with zero attached hydrogens (tertiary/aromatic N) is 1. The number of sulfonamides is 1. The maximum absolute atomic E-state index is 12.7. The van der Waals surface area contributed by atoms with Gasteiger partial charge in [-0.25, -0.2) is 18.1 Å². The van der Waals surface area contributed by atoms with Crippen LogP contribution in [0.25, 0.3) is 11.5 Å². The monoisotopic (exact) mass is 446 g/mol. The third-order valence-corrected chi connectivity index (χ3v) is 5.85. The van der Waals surface area contributed by atoms with Crippen LogP contribution in [0.3, 0.4) is 0 Å². The molecule has 8 nitrogen and oxygen atoms in total. The highest BCUT2D eigenvalue weighted by molar-refractivity contribution is 7.89. The van der Waals surface area contributed by atoms with Gasteiger partial charge in [-0.2, -0.15) is 0 Å². The third kappa shape index (κ3) is 5.77. The molecule has 3 rings (SSSR count). The fraction of sp³-hybridized carbons (Fsp3) is 0.318. The van der Waals surface area contributed by atoms with E-state index in [1.165, 1.54) is 18.4 Å². The maximum Gasteiger partial charge on any atom is 0.240 e. The molecule has 0 radical (unpaired) electrons. The van der Waals surface area contributed by atoms with Crippen molar-refractivity contribution >= 4 is 10.0 Å². The average Bonchev–Trinajstić information content (AvgIpc) is 3.24. The number of benzene rings is 2. The lowest BCUT2D eigenvalue weighted by atomic mass is 10.2. The molecule has 1 aromatic heterocycles. The summed E-state index contributed by atoms with van der Waals surface area (Å²) in [5.74, 6) is 2.12. The molecule has 0 saturated carbocycles. The first-order valence-electron chi connectivity index (χ1n) is 9.95. The van der Waals surface area contributed by atoms with E-state index in [0.717, 1.165) is 11.3 Å². The van der Waals surface area contributed by atoms with E-state index in [9.17, 15) is 8.42 Å². The molecule has 1 N–H and O–H groups in total. The smallest absolute Gasteiger partial charge is 0.240 e. The van der Waals surface area contributed by atoms with Crippen molar-refractivity contribution in [2.75, 3.05) is 26.9 Å². The second-order valence-electron chi connectivity index (χ2n) is 6.49. The minimum absolute atomic E-state index is 0.110. The van der Waals surface area contributed by atoms with Crippen LogP contribution < -0.4 is 18.9 Å². The summed E-state index contributed by atoms with van der Waals surface area (Å²) < 4.78 is 49.6. The van der Waals surface area contributed by atoms with Crippen molar-refractivity contribution in [1.82, 2.24) is 9.71 Å². The quantitative estimate of drug-likeness (QED) is 0.480. The van der Waals surface area contributed by atoms with Crippen LogP contribution >= 0.6 is 0 Å². The van der Waals surface area contributed by atoms with Crippen molar-refractivity contribution in [2.24, 2.45) is 0 Å². The van der Waals surface area contributed by atoms with Crippen LogP contribution in [0.15, 0.2) is 58.0 Å². The van der Waals surface area contributed by atoms with E-state index in [4.69, 9.17) is 18.6 Å². The second-order valence-corrected chi connectivity index (χ2v) is 8.26. The number of aromatic nitrogens is 1. The zero-order valence-corrected chi connectivity index (χ0v) is 18.6. The number of rotatable bonds is 11. The zero-order valence-electron chi connectivity index (χ0n) is 17.8. The van der Waals surface area contributed by atoms with E-state index < -0.39 is 10.0 Å². The van der Waals surface area contributed by atoms with Crippen LogP contribution in [-0.4, -0.2) is 40.3 Å². The molecule has 0 aliphatic heterocycles. The summed E-state index contributed by atoms with van der Waals surface area (Å²) in [6.07, 6.45) is 1.91. The molecule has 0 amide bonds. The lowest BCUT2D eigenvalue weighted by Gasteiger charge is -2.13. The van der Waals surface area contributed by atoms with E-state index in [0.29, 0.717) is 42.7 Å². The van der Waals surface area contributed by atoms with Crippen LogP contribution in [0.4, 0.5) is 0 Å². The summed E-state index contributed by atoms with van der Waals surface area (Å²) in [6.45, 7) is 4.72. The highest BCUT2D eigenvalue weighted by Gasteiger charge is 2.17. The highest BCUT2D eigenvalue weighted by atomic mass is 32.2. The first-order valence-corrected chi connectivity index (χ1v) is 11.4. The molecule has 0 aliphatic carbocycles. The van der Waals surface area contributed by atoms with Gasteiger partial charge in [0.25, 0.3) is 0 Å². The van der Waals surface area contributed by atoms with E-state index >= 15 is 0 Å². The largest absolute Gasteiger partial charge is 0.497 e. The Morgan fingerprint density at radius 3 is 2.39 bits per heavy atom. The number of hydrogen-bond acceptors (Lipinski definition) is 7. The molecule has 0 aliphatic rings. The van der Waals surface area contributed by atoms with Gasteiger partial charge in [0.2, 0.25) is 15.9 Å². The van der Waals surface area contributed by atoms with E-state index in [-0.39, 0.29) is 11.4 Å². The summed E-state index contributed by atoms with van der Waals surface area (Å²) in [7, 11) is -2.11. The Bertz CT molecular complexity index is 1090. The van der Waals surface area contributed by atoms with Gasteiger partial charge in [0.1, 0.15) is 12.0 Å². The molecular weight excluding hydrogens is 420 g/mol. The SMILES string of the molecule is CCOc1ccc(S(=O)(=O)NCCc2coc(-c3ccc(OC)cc3)n2)cc1OCC. The topological polar surface area (TPSA) is 99.9 Å². The Kier molecular flexibility index (Phi) is 7.54. The van der Waals surface area contributed by atoms with Crippen LogP contribution in [0.1, 0.15) is 19.5 Å². The maximum atomic E-state index is 12.7. The van der Waals surface area contributed by atoms with Gasteiger partial charge in [-0.3, -0.25) is 0 Å². The number of ether oxygens (including phenoxy) is 3. The molecule has 0 spiro atoms. The summed E-state index contributed by atoms with van der Waals surface area (Å²) >= 11 is 0. The minimum atomic E-state index is -3.71. The lowest BCUT2D eigenvalue weighted by Crippen LogP contribution is -2.26. The van der Waals surface area contributed by atoms with Crippen molar-refractivity contribution in [3.05, 3.63) is 54.4 Å². The molecule has 0 fully saturated rings. The Hall–Kier alpha value is -3.04. The number of oxazole rings is 1. The molecule has 166 valence electrons. The predicted octanol–water partition coefficient (Wildman–Crippen LogP) is 3.67. The molecular formula is C22H26N2O6S. The average molecular weight is 447 g/mol. The molecule has 0 saturated heterocycles. The summed E-state index contributed by atoms with van der Waals surface area (Å²) in [4.78, 5) is 4.53. The Labute approximate surface area is 182 Å². The summed E-state index contributed by atoms with van der Waals surface area (Å²) in [5.41, 5.74) is 1.46. The van der Waals surface area contributed by atoms with Gasteiger partial charge < -0.3 is 18.6 Å². The zero-order chi connectivity index (χ0) is 22.3. The van der Waals surface area contributed by atoms with E-state index in [1.54, 1.807) is 13.2 Å². The predicted molar refractivity (Wildman–Crippen MR) is 116 cm³/mol. The van der Waals surface area contributed by atoms with E-state index in [1.807, 2.05) is 38.1 Å². The lowest BCUT2D eigenvalue weighted by molar-refractivity contribution is 0.287. The number of nitrogens with one attached hydrogen (secondary N) is 1. The molecule has 2 aromatic carbocycles. The molecule has 0 unspecified atom stereocenters. The van der Waals surface area contributed by atoms with Crippen LogP contribution in [-0.2, 0) is 16.4 Å². The van der Waals surface area contributed by atoms with Crippen molar-refractivity contribution in [3.8, 4) is 28.7 Å². The molecule has 0 atom stereocenters. The Balaban J connectivity index is 1.63. The van der Waals surface area contributed by atoms with E-state index in [2.05, 4.69) is 9.71 Å². The Morgan fingerprint density at radius 1 is 1.00 bits per heavy atom. The minimum Gasteiger partial charge on any atom is -0.497 e. The van der Waals surface area contributed by atoms with Gasteiger partial charge in [0.05, 0.1) is 30.9 Å². The van der Waals surface area contributed by atoms with Gasteiger partial charge in [-0.15, -0.1) is 0 Å². The fourth-order valence-corrected chi connectivity index (χ4v) is 3.93. The van der Waals surface area contributed by atoms with Crippen molar-refractivity contribution < 1.29 is 27.0 Å². The highest BCUT2D eigenvalue weighted by Crippen LogP contribution is 2.30. The Morgan fingerprint density at radius 2 is 1.71 bits per heavy atom. The second kappa shape index (κ2) is 10.3. The molecule has 0 bridgehead atoms. The third-order valence-electron chi connectivity index (χ3n) is 4.39. The first kappa shape index (κ1) is 22.6. The van der Waals surface area contributed by atoms with Crippen molar-refractivity contribution in [3.63, 3.8) is 0 Å². The van der Waals surface area contributed by atoms with Crippen molar-refractivity contribution in [1.29, 1.82) is 0 Å². The van der Waals surface area contributed by atoms with Gasteiger partial charge in [0.15, 0.2) is 11.5 Å². The van der Waals surface area contributed by atoms with Gasteiger partial charge in [-0.1, -0.05) is 0 Å². The van der Waals surface area contributed by atoms with Crippen LogP contribution in [0.2, 0.25) is 0 Å². The number of methoxy groups -OCH3 is 1. The standard InChI is InChI=1S/C22H26N2O6S/c1-4-28-20-11-10-19(14-21(20)29-5-2)31(25,26)23-13-12-17-15-30-22(24-17)16-6-8-18(27-3)9-7-16/h6-11,14-15,23H,4-5,12-13H2,1-3H3. The normalized spacial score (nSPS) is 11.3. The van der Waals surface area contributed by atoms with Gasteiger partial charge in [-0.05, 0) is 50.2 Å². The van der Waals surface area contributed by atoms with Crippen molar-refractivity contribution in [2.45, 2.75) is 25.2 Å². The van der Waals surface area contributed by atoms with Crippen LogP contribution in [0, 0.1) is 0 Å². The molecule has 9 heteroatoms. The molecule has 1 heterocycles. The van der Waals surface area contributed by atoms with Crippen LogP contribution in [0.5, 0.6) is 17.2 Å². The summed E-state index contributed by atoms with van der Waals surface area (Å²) in [6, 6.07) is 11.9. The molecule has 3 aromatic rings. The van der Waals surface area contributed by atoms with Gasteiger partial charge >= 0.3 is 0 Å². The fourth-order valence-electron chi connectivity index (χ4n) is 2.88. The first-order chi connectivity index (χ1) is 15.0. The summed E-state index contributed by atoms with van der Waals surface area (Å²) in [5, 5.41) is 0. The van der Waals surface area contributed by atoms with Gasteiger partial charge in [0, 0.05) is 24.6 Å². The number of hydrogen-bond donors (Lipinski definition) is 1. The molecule has 31 heavy (non-hydrogen) atoms.